The molecular formula is C15H13BrN2O2S. The Bertz CT molecular complexity index is 704. The smallest absolute Gasteiger partial charge is 0.256 e. The van der Waals surface area contributed by atoms with E-state index in [4.69, 9.17) is 22.7 Å². The summed E-state index contributed by atoms with van der Waals surface area (Å²) in [6.07, 6.45) is 0. The molecule has 2 aromatic rings. The molecule has 108 valence electrons. The van der Waals surface area contributed by atoms with Gasteiger partial charge in [0.15, 0.2) is 0 Å². The van der Waals surface area contributed by atoms with Gasteiger partial charge in [-0.1, -0.05) is 24.4 Å². The molecule has 2 aromatic carbocycles. The van der Waals surface area contributed by atoms with Gasteiger partial charge in [0.1, 0.15) is 10.7 Å². The molecule has 0 spiro atoms. The Hall–Kier alpha value is -1.92. The van der Waals surface area contributed by atoms with Crippen LogP contribution < -0.4 is 15.8 Å². The zero-order valence-electron chi connectivity index (χ0n) is 11.2. The van der Waals surface area contributed by atoms with Crippen LogP contribution in [0, 0.1) is 0 Å². The van der Waals surface area contributed by atoms with Crippen LogP contribution in [0.4, 0.5) is 5.69 Å². The first-order chi connectivity index (χ1) is 10.0. The summed E-state index contributed by atoms with van der Waals surface area (Å²) < 4.78 is 5.81. The molecule has 0 bridgehead atoms. The number of carbonyl (C=O) groups is 1. The fraction of sp³-hybridized carbons (Fsp3) is 0.0667. The summed E-state index contributed by atoms with van der Waals surface area (Å²) in [5.41, 5.74) is 7.39. The molecule has 0 saturated carbocycles. The van der Waals surface area contributed by atoms with E-state index < -0.39 is 0 Å². The van der Waals surface area contributed by atoms with Gasteiger partial charge in [0.05, 0.1) is 12.7 Å². The maximum absolute atomic E-state index is 12.3. The fourth-order valence-corrected chi connectivity index (χ4v) is 2.31. The van der Waals surface area contributed by atoms with Gasteiger partial charge in [0.25, 0.3) is 5.91 Å². The largest absolute Gasteiger partial charge is 0.497 e. The third-order valence-corrected chi connectivity index (χ3v) is 3.75. The summed E-state index contributed by atoms with van der Waals surface area (Å²) in [6, 6.07) is 12.3. The number of nitrogens with two attached hydrogens (primary N) is 1. The van der Waals surface area contributed by atoms with E-state index in [1.807, 2.05) is 0 Å². The summed E-state index contributed by atoms with van der Waals surface area (Å²) >= 11 is 8.28. The van der Waals surface area contributed by atoms with Crippen molar-refractivity contribution in [3.8, 4) is 5.75 Å². The Morgan fingerprint density at radius 2 is 2.05 bits per heavy atom. The normalized spacial score (nSPS) is 10.0. The highest BCUT2D eigenvalue weighted by atomic mass is 79.9. The van der Waals surface area contributed by atoms with Crippen molar-refractivity contribution in [3.63, 3.8) is 0 Å². The van der Waals surface area contributed by atoms with E-state index in [0.717, 1.165) is 0 Å². The lowest BCUT2D eigenvalue weighted by Crippen LogP contribution is -2.14. The third kappa shape index (κ3) is 3.80. The van der Waals surface area contributed by atoms with E-state index in [1.165, 1.54) is 0 Å². The average molecular weight is 365 g/mol. The minimum Gasteiger partial charge on any atom is -0.497 e. The number of anilines is 1. The van der Waals surface area contributed by atoms with Crippen molar-refractivity contribution in [1.29, 1.82) is 0 Å². The van der Waals surface area contributed by atoms with Crippen LogP contribution >= 0.6 is 28.1 Å². The number of benzene rings is 2. The van der Waals surface area contributed by atoms with Gasteiger partial charge in [0.2, 0.25) is 0 Å². The van der Waals surface area contributed by atoms with Crippen LogP contribution in [0.5, 0.6) is 5.75 Å². The second kappa shape index (κ2) is 6.69. The van der Waals surface area contributed by atoms with Crippen LogP contribution in [0.1, 0.15) is 15.9 Å². The molecule has 0 unspecified atom stereocenters. The number of amides is 1. The van der Waals surface area contributed by atoms with Crippen LogP contribution in [0.3, 0.4) is 0 Å². The van der Waals surface area contributed by atoms with Gasteiger partial charge < -0.3 is 15.8 Å². The molecule has 6 heteroatoms. The predicted molar refractivity (Wildman–Crippen MR) is 91.0 cm³/mol. The van der Waals surface area contributed by atoms with E-state index in [2.05, 4.69) is 21.2 Å². The van der Waals surface area contributed by atoms with Gasteiger partial charge in [-0.15, -0.1) is 0 Å². The first-order valence-corrected chi connectivity index (χ1v) is 7.26. The molecule has 0 aromatic heterocycles. The molecule has 3 N–H and O–H groups in total. The molecule has 0 heterocycles. The molecule has 0 radical (unpaired) electrons. The number of nitrogens with one attached hydrogen (secondary N) is 1. The van der Waals surface area contributed by atoms with Crippen molar-refractivity contribution in [1.82, 2.24) is 0 Å². The summed E-state index contributed by atoms with van der Waals surface area (Å²) in [7, 11) is 1.55. The quantitative estimate of drug-likeness (QED) is 0.816. The van der Waals surface area contributed by atoms with E-state index in [9.17, 15) is 4.79 Å². The standard InChI is InChI=1S/C15H13BrN2O2S/c1-20-11-5-6-13(16)12(8-11)15(19)18-10-4-2-3-9(7-10)14(17)21/h2-8H,1H3,(H2,17,21)(H,18,19). The maximum atomic E-state index is 12.3. The molecule has 4 nitrogen and oxygen atoms in total. The van der Waals surface area contributed by atoms with Gasteiger partial charge in [-0.05, 0) is 46.3 Å². The van der Waals surface area contributed by atoms with Crippen LogP contribution in [-0.2, 0) is 0 Å². The molecule has 21 heavy (non-hydrogen) atoms. The Balaban J connectivity index is 2.25. The summed E-state index contributed by atoms with van der Waals surface area (Å²) in [6.45, 7) is 0. The van der Waals surface area contributed by atoms with E-state index >= 15 is 0 Å². The highest BCUT2D eigenvalue weighted by molar-refractivity contribution is 9.10. The van der Waals surface area contributed by atoms with Crippen LogP contribution in [0.15, 0.2) is 46.9 Å². The highest BCUT2D eigenvalue weighted by Crippen LogP contribution is 2.23. The summed E-state index contributed by atoms with van der Waals surface area (Å²) in [4.78, 5) is 12.6. The minimum absolute atomic E-state index is 0.249. The Kier molecular flexibility index (Phi) is 4.93. The Morgan fingerprint density at radius 3 is 2.71 bits per heavy atom. The number of halogens is 1. The van der Waals surface area contributed by atoms with Gasteiger partial charge in [-0.25, -0.2) is 0 Å². The van der Waals surface area contributed by atoms with Gasteiger partial charge in [-0.2, -0.15) is 0 Å². The Morgan fingerprint density at radius 1 is 1.29 bits per heavy atom. The number of thiocarbonyl (C=S) groups is 1. The molecule has 0 aliphatic heterocycles. The van der Waals surface area contributed by atoms with Gasteiger partial charge in [0, 0.05) is 15.7 Å². The fourth-order valence-electron chi connectivity index (χ4n) is 1.75. The third-order valence-electron chi connectivity index (χ3n) is 2.82. The number of methoxy groups -OCH3 is 1. The van der Waals surface area contributed by atoms with Crippen molar-refractivity contribution in [2.24, 2.45) is 5.73 Å². The van der Waals surface area contributed by atoms with Crippen molar-refractivity contribution < 1.29 is 9.53 Å². The molecule has 0 fully saturated rings. The summed E-state index contributed by atoms with van der Waals surface area (Å²) in [5, 5.41) is 2.81. The number of carbonyl (C=O) groups excluding carboxylic acids is 1. The van der Waals surface area contributed by atoms with Crippen molar-refractivity contribution in [2.45, 2.75) is 0 Å². The van der Waals surface area contributed by atoms with Gasteiger partial charge >= 0.3 is 0 Å². The lowest BCUT2D eigenvalue weighted by molar-refractivity contribution is 0.102. The minimum atomic E-state index is -0.249. The zero-order chi connectivity index (χ0) is 15.4. The van der Waals surface area contributed by atoms with Gasteiger partial charge in [-0.3, -0.25) is 4.79 Å². The van der Waals surface area contributed by atoms with Crippen LogP contribution in [-0.4, -0.2) is 18.0 Å². The van der Waals surface area contributed by atoms with Crippen molar-refractivity contribution in [2.75, 3.05) is 12.4 Å². The predicted octanol–water partition coefficient (Wildman–Crippen LogP) is 3.34. The van der Waals surface area contributed by atoms with Crippen LogP contribution in [0.2, 0.25) is 0 Å². The van der Waals surface area contributed by atoms with Crippen molar-refractivity contribution >= 4 is 44.7 Å². The lowest BCUT2D eigenvalue weighted by Gasteiger charge is -2.09. The van der Waals surface area contributed by atoms with Crippen molar-refractivity contribution in [3.05, 3.63) is 58.1 Å². The zero-order valence-corrected chi connectivity index (χ0v) is 13.6. The Labute approximate surface area is 136 Å². The number of ether oxygens (including phenoxy) is 1. The maximum Gasteiger partial charge on any atom is 0.256 e. The molecule has 1 amide bonds. The molecule has 0 aliphatic rings. The first-order valence-electron chi connectivity index (χ1n) is 6.06. The molecule has 0 saturated heterocycles. The molecule has 2 rings (SSSR count). The second-order valence-corrected chi connectivity index (χ2v) is 5.54. The topological polar surface area (TPSA) is 64.3 Å². The average Bonchev–Trinajstić information content (AvgIpc) is 2.48. The molecule has 0 aliphatic carbocycles. The number of rotatable bonds is 4. The SMILES string of the molecule is COc1ccc(Br)c(C(=O)Nc2cccc(C(N)=S)c2)c1. The second-order valence-electron chi connectivity index (χ2n) is 4.24. The van der Waals surface area contributed by atoms with Crippen LogP contribution in [0.25, 0.3) is 0 Å². The lowest BCUT2D eigenvalue weighted by atomic mass is 10.1. The monoisotopic (exact) mass is 364 g/mol. The summed E-state index contributed by atoms with van der Waals surface area (Å²) in [5.74, 6) is 0.362. The molecular weight excluding hydrogens is 352 g/mol. The number of hydrogen-bond acceptors (Lipinski definition) is 3. The molecule has 0 atom stereocenters. The number of hydrogen-bond donors (Lipinski definition) is 2. The van der Waals surface area contributed by atoms with E-state index in [-0.39, 0.29) is 10.9 Å². The highest BCUT2D eigenvalue weighted by Gasteiger charge is 2.12. The van der Waals surface area contributed by atoms with E-state index in [1.54, 1.807) is 49.6 Å². The first kappa shape index (κ1) is 15.5. The van der Waals surface area contributed by atoms with E-state index in [0.29, 0.717) is 27.0 Å².